The number of thiophene rings is 1. The molecule has 2 fully saturated rings. The zero-order valence-corrected chi connectivity index (χ0v) is 14.2. The van der Waals surface area contributed by atoms with E-state index in [9.17, 15) is 4.79 Å². The molecule has 1 saturated carbocycles. The Kier molecular flexibility index (Phi) is 5.50. The van der Waals surface area contributed by atoms with Gasteiger partial charge in [-0.05, 0) is 35.8 Å². The van der Waals surface area contributed by atoms with Gasteiger partial charge in [0.15, 0.2) is 0 Å². The summed E-state index contributed by atoms with van der Waals surface area (Å²) in [5.41, 5.74) is 1.26. The lowest BCUT2D eigenvalue weighted by molar-refractivity contribution is -0.122. The molecular weight excluding hydrogens is 296 g/mol. The van der Waals surface area contributed by atoms with Crippen molar-refractivity contribution in [1.82, 2.24) is 10.2 Å². The standard InChI is InChI=1S/C17H26N2O2S/c1-13-5-8-22-16(13)9-18-17(20)11-19-6-7-21-12-15(10-19)14-3-2-4-14/h5,8,14-15H,2-4,6-7,9-12H2,1H3,(H,18,20). The Morgan fingerprint density at radius 2 is 2.32 bits per heavy atom. The fraction of sp³-hybridized carbons (Fsp3) is 0.706. The van der Waals surface area contributed by atoms with Gasteiger partial charge in [-0.25, -0.2) is 0 Å². The number of amides is 1. The van der Waals surface area contributed by atoms with Crippen molar-refractivity contribution in [1.29, 1.82) is 0 Å². The van der Waals surface area contributed by atoms with Crippen LogP contribution in [0.2, 0.25) is 0 Å². The van der Waals surface area contributed by atoms with Crippen LogP contribution >= 0.6 is 11.3 Å². The molecule has 0 spiro atoms. The summed E-state index contributed by atoms with van der Waals surface area (Å²) in [7, 11) is 0. The van der Waals surface area contributed by atoms with E-state index in [0.29, 0.717) is 19.0 Å². The largest absolute Gasteiger partial charge is 0.380 e. The first-order valence-electron chi connectivity index (χ1n) is 8.32. The molecule has 22 heavy (non-hydrogen) atoms. The predicted octanol–water partition coefficient (Wildman–Crippen LogP) is 2.42. The summed E-state index contributed by atoms with van der Waals surface area (Å²) in [5, 5.41) is 5.13. The van der Waals surface area contributed by atoms with Gasteiger partial charge in [-0.3, -0.25) is 9.69 Å². The molecule has 0 aromatic carbocycles. The van der Waals surface area contributed by atoms with Crippen LogP contribution in [0, 0.1) is 18.8 Å². The van der Waals surface area contributed by atoms with Gasteiger partial charge in [-0.15, -0.1) is 11.3 Å². The van der Waals surface area contributed by atoms with Crippen molar-refractivity contribution < 1.29 is 9.53 Å². The summed E-state index contributed by atoms with van der Waals surface area (Å²) in [6.45, 7) is 6.74. The summed E-state index contributed by atoms with van der Waals surface area (Å²) in [6.07, 6.45) is 4.04. The Bertz CT molecular complexity index is 499. The molecular formula is C17H26N2O2S. The molecule has 3 rings (SSSR count). The minimum Gasteiger partial charge on any atom is -0.380 e. The number of hydrogen-bond donors (Lipinski definition) is 1. The third-order valence-corrected chi connectivity index (χ3v) is 6.00. The van der Waals surface area contributed by atoms with Crippen LogP contribution in [0.1, 0.15) is 29.7 Å². The molecule has 1 saturated heterocycles. The van der Waals surface area contributed by atoms with Crippen molar-refractivity contribution >= 4 is 17.2 Å². The third-order valence-electron chi connectivity index (χ3n) is 4.97. The predicted molar refractivity (Wildman–Crippen MR) is 89.0 cm³/mol. The first kappa shape index (κ1) is 16.0. The highest BCUT2D eigenvalue weighted by molar-refractivity contribution is 7.10. The van der Waals surface area contributed by atoms with Gasteiger partial charge in [-0.2, -0.15) is 0 Å². The second-order valence-corrected chi connectivity index (χ2v) is 7.57. The van der Waals surface area contributed by atoms with E-state index in [0.717, 1.165) is 32.2 Å². The normalized spacial score (nSPS) is 23.8. The Morgan fingerprint density at radius 1 is 1.45 bits per heavy atom. The second kappa shape index (κ2) is 7.57. The highest BCUT2D eigenvalue weighted by atomic mass is 32.1. The Hall–Kier alpha value is -0.910. The van der Waals surface area contributed by atoms with Crippen molar-refractivity contribution in [2.24, 2.45) is 11.8 Å². The molecule has 0 radical (unpaired) electrons. The van der Waals surface area contributed by atoms with Crippen LogP contribution in [0.25, 0.3) is 0 Å². The number of nitrogens with one attached hydrogen (secondary N) is 1. The van der Waals surface area contributed by atoms with E-state index in [-0.39, 0.29) is 5.91 Å². The van der Waals surface area contributed by atoms with E-state index in [4.69, 9.17) is 4.74 Å². The molecule has 1 aromatic rings. The molecule has 4 nitrogen and oxygen atoms in total. The summed E-state index contributed by atoms with van der Waals surface area (Å²) < 4.78 is 5.74. The van der Waals surface area contributed by atoms with E-state index in [1.807, 2.05) is 0 Å². The Morgan fingerprint density at radius 3 is 3.00 bits per heavy atom. The van der Waals surface area contributed by atoms with Gasteiger partial charge < -0.3 is 10.1 Å². The molecule has 1 unspecified atom stereocenters. The molecule has 1 atom stereocenters. The molecule has 2 aliphatic rings. The maximum Gasteiger partial charge on any atom is 0.234 e. The summed E-state index contributed by atoms with van der Waals surface area (Å²) in [5.74, 6) is 1.56. The van der Waals surface area contributed by atoms with E-state index >= 15 is 0 Å². The second-order valence-electron chi connectivity index (χ2n) is 6.56. The van der Waals surface area contributed by atoms with Crippen LogP contribution in [-0.4, -0.2) is 43.7 Å². The van der Waals surface area contributed by atoms with Crippen molar-refractivity contribution in [3.8, 4) is 0 Å². The van der Waals surface area contributed by atoms with E-state index < -0.39 is 0 Å². The summed E-state index contributed by atoms with van der Waals surface area (Å²) in [6, 6.07) is 2.10. The molecule has 1 amide bonds. The zero-order valence-electron chi connectivity index (χ0n) is 13.3. The smallest absolute Gasteiger partial charge is 0.234 e. The van der Waals surface area contributed by atoms with E-state index in [1.54, 1.807) is 11.3 Å². The topological polar surface area (TPSA) is 41.6 Å². The van der Waals surface area contributed by atoms with Crippen LogP contribution in [-0.2, 0) is 16.1 Å². The maximum atomic E-state index is 12.2. The lowest BCUT2D eigenvalue weighted by Gasteiger charge is -2.34. The van der Waals surface area contributed by atoms with Crippen LogP contribution in [0.3, 0.4) is 0 Å². The van der Waals surface area contributed by atoms with Crippen LogP contribution in [0.4, 0.5) is 0 Å². The third kappa shape index (κ3) is 4.09. The zero-order chi connectivity index (χ0) is 15.4. The van der Waals surface area contributed by atoms with Crippen LogP contribution in [0.15, 0.2) is 11.4 Å². The van der Waals surface area contributed by atoms with Gasteiger partial charge >= 0.3 is 0 Å². The van der Waals surface area contributed by atoms with Gasteiger partial charge in [0.1, 0.15) is 0 Å². The van der Waals surface area contributed by atoms with E-state index in [2.05, 4.69) is 28.6 Å². The van der Waals surface area contributed by atoms with Gasteiger partial charge in [0.05, 0.1) is 26.3 Å². The molecule has 1 aromatic heterocycles. The van der Waals surface area contributed by atoms with E-state index in [1.165, 1.54) is 29.7 Å². The van der Waals surface area contributed by atoms with Gasteiger partial charge in [-0.1, -0.05) is 19.3 Å². The molecule has 1 aliphatic carbocycles. The Labute approximate surface area is 136 Å². The highest BCUT2D eigenvalue weighted by Crippen LogP contribution is 2.34. The monoisotopic (exact) mass is 322 g/mol. The number of carbonyl (C=O) groups is 1. The van der Waals surface area contributed by atoms with Crippen molar-refractivity contribution in [2.45, 2.75) is 32.7 Å². The molecule has 0 bridgehead atoms. The first-order chi connectivity index (χ1) is 10.7. The van der Waals surface area contributed by atoms with Crippen LogP contribution < -0.4 is 5.32 Å². The molecule has 5 heteroatoms. The number of nitrogens with zero attached hydrogens (tertiary/aromatic N) is 1. The van der Waals surface area contributed by atoms with Gasteiger partial charge in [0.2, 0.25) is 5.91 Å². The molecule has 1 aliphatic heterocycles. The number of rotatable bonds is 5. The minimum atomic E-state index is 0.127. The van der Waals surface area contributed by atoms with Crippen LogP contribution in [0.5, 0.6) is 0 Å². The minimum absolute atomic E-state index is 0.127. The number of ether oxygens (including phenoxy) is 1. The van der Waals surface area contributed by atoms with Crippen molar-refractivity contribution in [3.63, 3.8) is 0 Å². The number of aryl methyl sites for hydroxylation is 1. The summed E-state index contributed by atoms with van der Waals surface area (Å²) >= 11 is 1.71. The first-order valence-corrected chi connectivity index (χ1v) is 9.20. The molecule has 122 valence electrons. The Balaban J connectivity index is 1.46. The molecule has 2 heterocycles. The highest BCUT2D eigenvalue weighted by Gasteiger charge is 2.30. The van der Waals surface area contributed by atoms with Crippen molar-refractivity contribution in [3.05, 3.63) is 21.9 Å². The lowest BCUT2D eigenvalue weighted by Crippen LogP contribution is -2.41. The number of hydrogen-bond acceptors (Lipinski definition) is 4. The van der Waals surface area contributed by atoms with Gasteiger partial charge in [0.25, 0.3) is 0 Å². The average Bonchev–Trinajstić information content (AvgIpc) is 2.71. The average molecular weight is 322 g/mol. The van der Waals surface area contributed by atoms with Gasteiger partial charge in [0, 0.05) is 18.0 Å². The lowest BCUT2D eigenvalue weighted by atomic mass is 9.76. The maximum absolute atomic E-state index is 12.2. The fourth-order valence-electron chi connectivity index (χ4n) is 3.27. The SMILES string of the molecule is Cc1ccsc1CNC(=O)CN1CCOCC(C2CCC2)C1. The summed E-state index contributed by atoms with van der Waals surface area (Å²) in [4.78, 5) is 15.7. The quantitative estimate of drug-likeness (QED) is 0.905. The van der Waals surface area contributed by atoms with Crippen molar-refractivity contribution in [2.75, 3.05) is 32.8 Å². The number of carbonyl (C=O) groups excluding carboxylic acids is 1. The molecule has 1 N–H and O–H groups in total. The fourth-order valence-corrected chi connectivity index (χ4v) is 4.11.